The van der Waals surface area contributed by atoms with Gasteiger partial charge in [-0.2, -0.15) is 0 Å². The quantitative estimate of drug-likeness (QED) is 0.828. The van der Waals surface area contributed by atoms with Crippen LogP contribution in [0.2, 0.25) is 0 Å². The van der Waals surface area contributed by atoms with E-state index in [1.165, 1.54) is 0 Å². The summed E-state index contributed by atoms with van der Waals surface area (Å²) in [6.07, 6.45) is -2.40. The Morgan fingerprint density at radius 1 is 1.39 bits per heavy atom. The Morgan fingerprint density at radius 2 is 2.06 bits per heavy atom. The van der Waals surface area contributed by atoms with Crippen LogP contribution < -0.4 is 5.32 Å². The molecule has 1 N–H and O–H groups in total. The van der Waals surface area contributed by atoms with Gasteiger partial charge in [0.05, 0.1) is 6.61 Å². The molecule has 18 heavy (non-hydrogen) atoms. The number of alkyl halides is 3. The SMILES string of the molecule is CCCC1CN(CCOC(F)(F)F)C(C)(C)CN1. The van der Waals surface area contributed by atoms with E-state index >= 15 is 0 Å². The summed E-state index contributed by atoms with van der Waals surface area (Å²) in [6.45, 7) is 7.77. The molecule has 1 fully saturated rings. The van der Waals surface area contributed by atoms with Gasteiger partial charge in [-0.25, -0.2) is 0 Å². The van der Waals surface area contributed by atoms with E-state index in [0.717, 1.165) is 25.9 Å². The summed E-state index contributed by atoms with van der Waals surface area (Å²) in [7, 11) is 0. The lowest BCUT2D eigenvalue weighted by Gasteiger charge is -2.46. The van der Waals surface area contributed by atoms with Crippen molar-refractivity contribution in [3.63, 3.8) is 0 Å². The maximum Gasteiger partial charge on any atom is 0.522 e. The van der Waals surface area contributed by atoms with E-state index in [0.29, 0.717) is 12.6 Å². The maximum absolute atomic E-state index is 11.9. The zero-order valence-electron chi connectivity index (χ0n) is 11.3. The second-order valence-electron chi connectivity index (χ2n) is 5.42. The number of hydrogen-bond donors (Lipinski definition) is 1. The molecular weight excluding hydrogens is 245 g/mol. The Bertz CT molecular complexity index is 256. The molecule has 1 unspecified atom stereocenters. The first-order valence-corrected chi connectivity index (χ1v) is 6.44. The lowest BCUT2D eigenvalue weighted by Crippen LogP contribution is -2.62. The van der Waals surface area contributed by atoms with Gasteiger partial charge >= 0.3 is 6.36 Å². The van der Waals surface area contributed by atoms with Gasteiger partial charge in [-0.05, 0) is 20.3 Å². The fraction of sp³-hybridized carbons (Fsp3) is 1.00. The van der Waals surface area contributed by atoms with Crippen molar-refractivity contribution in [3.05, 3.63) is 0 Å². The zero-order chi connectivity index (χ0) is 13.8. The smallest absolute Gasteiger partial charge is 0.311 e. The van der Waals surface area contributed by atoms with Gasteiger partial charge in [0.25, 0.3) is 0 Å². The molecule has 1 rings (SSSR count). The number of hydrogen-bond acceptors (Lipinski definition) is 3. The molecular formula is C12H23F3N2O. The summed E-state index contributed by atoms with van der Waals surface area (Å²) in [6, 6.07) is 0.369. The van der Waals surface area contributed by atoms with Crippen LogP contribution in [-0.4, -0.2) is 49.1 Å². The molecule has 3 nitrogen and oxygen atoms in total. The molecule has 0 aliphatic carbocycles. The number of nitrogens with zero attached hydrogens (tertiary/aromatic N) is 1. The van der Waals surface area contributed by atoms with E-state index in [9.17, 15) is 13.2 Å². The monoisotopic (exact) mass is 268 g/mol. The zero-order valence-corrected chi connectivity index (χ0v) is 11.3. The highest BCUT2D eigenvalue weighted by molar-refractivity contribution is 4.92. The molecule has 1 aliphatic rings. The highest BCUT2D eigenvalue weighted by Gasteiger charge is 2.35. The van der Waals surface area contributed by atoms with Crippen molar-refractivity contribution in [1.82, 2.24) is 10.2 Å². The van der Waals surface area contributed by atoms with Crippen molar-refractivity contribution in [1.29, 1.82) is 0 Å². The molecule has 1 saturated heterocycles. The van der Waals surface area contributed by atoms with Crippen molar-refractivity contribution < 1.29 is 17.9 Å². The molecule has 0 aromatic carbocycles. The molecule has 0 radical (unpaired) electrons. The largest absolute Gasteiger partial charge is 0.522 e. The van der Waals surface area contributed by atoms with Crippen LogP contribution in [0.3, 0.4) is 0 Å². The Kier molecular flexibility index (Phi) is 5.43. The Labute approximate surface area is 107 Å². The van der Waals surface area contributed by atoms with Gasteiger partial charge in [-0.1, -0.05) is 13.3 Å². The van der Waals surface area contributed by atoms with Crippen molar-refractivity contribution in [2.75, 3.05) is 26.2 Å². The van der Waals surface area contributed by atoms with Crippen molar-refractivity contribution in [2.45, 2.75) is 51.6 Å². The second-order valence-corrected chi connectivity index (χ2v) is 5.42. The average Bonchev–Trinajstić information content (AvgIpc) is 2.21. The summed E-state index contributed by atoms with van der Waals surface area (Å²) in [5, 5.41) is 3.44. The third-order valence-corrected chi connectivity index (χ3v) is 3.38. The first-order chi connectivity index (χ1) is 8.24. The maximum atomic E-state index is 11.9. The van der Waals surface area contributed by atoms with E-state index in [2.05, 4.69) is 21.9 Å². The van der Waals surface area contributed by atoms with Crippen molar-refractivity contribution in [2.24, 2.45) is 0 Å². The number of nitrogens with one attached hydrogen (secondary N) is 1. The molecule has 0 aromatic heterocycles. The minimum Gasteiger partial charge on any atom is -0.311 e. The number of piperazine rings is 1. The highest BCUT2D eigenvalue weighted by Crippen LogP contribution is 2.21. The van der Waals surface area contributed by atoms with Crippen LogP contribution in [-0.2, 0) is 4.74 Å². The van der Waals surface area contributed by atoms with Crippen LogP contribution in [0, 0.1) is 0 Å². The van der Waals surface area contributed by atoms with Crippen LogP contribution in [0.15, 0.2) is 0 Å². The molecule has 1 atom stereocenters. The topological polar surface area (TPSA) is 24.5 Å². The summed E-state index contributed by atoms with van der Waals surface area (Å²) in [4.78, 5) is 2.08. The fourth-order valence-electron chi connectivity index (χ4n) is 2.29. The lowest BCUT2D eigenvalue weighted by atomic mass is 9.96. The molecule has 0 aromatic rings. The first kappa shape index (κ1) is 15.7. The Balaban J connectivity index is 2.43. The van der Waals surface area contributed by atoms with E-state index in [-0.39, 0.29) is 12.1 Å². The Hall–Kier alpha value is -0.330. The molecule has 1 heterocycles. The minimum absolute atomic E-state index is 0.126. The van der Waals surface area contributed by atoms with Gasteiger partial charge in [0.2, 0.25) is 0 Å². The van der Waals surface area contributed by atoms with Crippen molar-refractivity contribution >= 4 is 0 Å². The van der Waals surface area contributed by atoms with Crippen LogP contribution in [0.1, 0.15) is 33.6 Å². The summed E-state index contributed by atoms with van der Waals surface area (Å²) in [5.41, 5.74) is -0.126. The predicted octanol–water partition coefficient (Wildman–Crippen LogP) is 2.38. The van der Waals surface area contributed by atoms with Gasteiger partial charge in [-0.3, -0.25) is 9.64 Å². The van der Waals surface area contributed by atoms with E-state index in [4.69, 9.17) is 0 Å². The third-order valence-electron chi connectivity index (χ3n) is 3.38. The van der Waals surface area contributed by atoms with Crippen LogP contribution in [0.25, 0.3) is 0 Å². The molecule has 0 saturated carbocycles. The minimum atomic E-state index is -4.53. The van der Waals surface area contributed by atoms with Crippen LogP contribution in [0.5, 0.6) is 0 Å². The van der Waals surface area contributed by atoms with Gasteiger partial charge in [0.1, 0.15) is 0 Å². The standard InChI is InChI=1S/C12H23F3N2O/c1-4-5-10-8-17(11(2,3)9-16-10)6-7-18-12(13,14)15/h10,16H,4-9H2,1-3H3. The van der Waals surface area contributed by atoms with Crippen LogP contribution in [0.4, 0.5) is 13.2 Å². The van der Waals surface area contributed by atoms with Gasteiger partial charge in [-0.15, -0.1) is 13.2 Å². The molecule has 0 bridgehead atoms. The highest BCUT2D eigenvalue weighted by atomic mass is 19.4. The fourth-order valence-corrected chi connectivity index (χ4v) is 2.29. The number of ether oxygens (including phenoxy) is 1. The van der Waals surface area contributed by atoms with Gasteiger partial charge in [0.15, 0.2) is 0 Å². The van der Waals surface area contributed by atoms with Gasteiger partial charge < -0.3 is 5.32 Å². The molecule has 6 heteroatoms. The third kappa shape index (κ3) is 5.12. The predicted molar refractivity (Wildman–Crippen MR) is 64.4 cm³/mol. The Morgan fingerprint density at radius 3 is 2.61 bits per heavy atom. The normalized spacial score (nSPS) is 25.3. The van der Waals surface area contributed by atoms with E-state index in [1.54, 1.807) is 0 Å². The molecule has 108 valence electrons. The average molecular weight is 268 g/mol. The van der Waals surface area contributed by atoms with Gasteiger partial charge in [0, 0.05) is 31.2 Å². The number of halogens is 3. The number of rotatable bonds is 5. The van der Waals surface area contributed by atoms with Crippen LogP contribution >= 0.6 is 0 Å². The van der Waals surface area contributed by atoms with Crippen molar-refractivity contribution in [3.8, 4) is 0 Å². The van der Waals surface area contributed by atoms with E-state index in [1.807, 2.05) is 13.8 Å². The molecule has 0 spiro atoms. The summed E-state index contributed by atoms with van der Waals surface area (Å²) in [5.74, 6) is 0. The molecule has 0 amide bonds. The molecule has 1 aliphatic heterocycles. The first-order valence-electron chi connectivity index (χ1n) is 6.44. The summed E-state index contributed by atoms with van der Waals surface area (Å²) < 4.78 is 39.7. The summed E-state index contributed by atoms with van der Waals surface area (Å²) >= 11 is 0. The second kappa shape index (κ2) is 6.21. The van der Waals surface area contributed by atoms with E-state index < -0.39 is 6.36 Å². The lowest BCUT2D eigenvalue weighted by molar-refractivity contribution is -0.325.